The smallest absolute Gasteiger partial charge is 0.222 e. The summed E-state index contributed by atoms with van der Waals surface area (Å²) in [5.41, 5.74) is 0.844. The molecule has 4 heteroatoms. The van der Waals surface area contributed by atoms with Gasteiger partial charge in [0.25, 0.3) is 0 Å². The summed E-state index contributed by atoms with van der Waals surface area (Å²) in [5.74, 6) is 0.454. The Hall–Kier alpha value is -1.55. The fraction of sp³-hybridized carbons (Fsp3) is 0.462. The van der Waals surface area contributed by atoms with Crippen molar-refractivity contribution in [3.05, 3.63) is 29.8 Å². The third-order valence-electron chi connectivity index (χ3n) is 3.07. The maximum absolute atomic E-state index is 11.9. The maximum atomic E-state index is 11.9. The van der Waals surface area contributed by atoms with Gasteiger partial charge in [0.1, 0.15) is 5.75 Å². The van der Waals surface area contributed by atoms with Crippen molar-refractivity contribution in [3.8, 4) is 5.75 Å². The van der Waals surface area contributed by atoms with Crippen molar-refractivity contribution in [1.29, 1.82) is 0 Å². The Morgan fingerprint density at radius 1 is 1.29 bits per heavy atom. The molecular formula is C13H18N2O2. The summed E-state index contributed by atoms with van der Waals surface area (Å²) in [6, 6.07) is 7.19. The number of benzene rings is 1. The van der Waals surface area contributed by atoms with E-state index in [0.29, 0.717) is 12.8 Å². The van der Waals surface area contributed by atoms with Gasteiger partial charge in [-0.1, -0.05) is 18.2 Å². The molecule has 0 radical (unpaired) electrons. The average molecular weight is 234 g/mol. The normalized spacial score (nSPS) is 15.9. The molecule has 0 atom stereocenters. The average Bonchev–Trinajstić information content (AvgIpc) is 2.38. The number of aryl methyl sites for hydroxylation is 1. The van der Waals surface area contributed by atoms with Gasteiger partial charge in [0.15, 0.2) is 0 Å². The van der Waals surface area contributed by atoms with E-state index in [9.17, 15) is 9.90 Å². The number of piperazine rings is 1. The Balaban J connectivity index is 1.85. The van der Waals surface area contributed by atoms with E-state index in [1.54, 1.807) is 12.1 Å². The number of para-hydroxylation sites is 1. The van der Waals surface area contributed by atoms with Crippen molar-refractivity contribution in [1.82, 2.24) is 10.2 Å². The number of hydrogen-bond donors (Lipinski definition) is 2. The topological polar surface area (TPSA) is 52.6 Å². The fourth-order valence-corrected chi connectivity index (χ4v) is 2.04. The van der Waals surface area contributed by atoms with Gasteiger partial charge in [-0.25, -0.2) is 0 Å². The van der Waals surface area contributed by atoms with Crippen LogP contribution in [0.4, 0.5) is 0 Å². The highest BCUT2D eigenvalue weighted by Crippen LogP contribution is 2.17. The summed E-state index contributed by atoms with van der Waals surface area (Å²) >= 11 is 0. The highest BCUT2D eigenvalue weighted by molar-refractivity contribution is 5.76. The van der Waals surface area contributed by atoms with Crippen molar-refractivity contribution in [2.24, 2.45) is 0 Å². The van der Waals surface area contributed by atoms with Crippen molar-refractivity contribution < 1.29 is 9.90 Å². The number of carbonyl (C=O) groups excluding carboxylic acids is 1. The van der Waals surface area contributed by atoms with E-state index in [1.807, 2.05) is 17.0 Å². The van der Waals surface area contributed by atoms with Crippen molar-refractivity contribution in [3.63, 3.8) is 0 Å². The first kappa shape index (κ1) is 11.9. The Bertz CT molecular complexity index is 387. The monoisotopic (exact) mass is 234 g/mol. The summed E-state index contributed by atoms with van der Waals surface area (Å²) in [6.07, 6.45) is 1.08. The molecule has 0 saturated carbocycles. The molecule has 2 rings (SSSR count). The zero-order valence-corrected chi connectivity index (χ0v) is 9.85. The van der Waals surface area contributed by atoms with Gasteiger partial charge in [-0.15, -0.1) is 0 Å². The Morgan fingerprint density at radius 2 is 2.00 bits per heavy atom. The molecule has 1 amide bonds. The molecule has 1 fully saturated rings. The lowest BCUT2D eigenvalue weighted by atomic mass is 10.1. The number of phenolic OH excluding ortho intramolecular Hbond substituents is 1. The third kappa shape index (κ3) is 3.20. The van der Waals surface area contributed by atoms with Gasteiger partial charge in [-0.2, -0.15) is 0 Å². The molecule has 1 aromatic carbocycles. The zero-order chi connectivity index (χ0) is 12.1. The molecule has 2 N–H and O–H groups in total. The predicted molar refractivity (Wildman–Crippen MR) is 65.9 cm³/mol. The standard InChI is InChI=1S/C13H18N2O2/c16-12-4-2-1-3-11(12)5-6-13(17)15-9-7-14-8-10-15/h1-4,14,16H,5-10H2. The van der Waals surface area contributed by atoms with Gasteiger partial charge in [-0.05, 0) is 18.1 Å². The van der Waals surface area contributed by atoms with Crippen LogP contribution in [-0.4, -0.2) is 42.1 Å². The molecule has 1 heterocycles. The van der Waals surface area contributed by atoms with Crippen LogP contribution < -0.4 is 5.32 Å². The van der Waals surface area contributed by atoms with Crippen LogP contribution >= 0.6 is 0 Å². The van der Waals surface area contributed by atoms with Gasteiger partial charge in [0.05, 0.1) is 0 Å². The third-order valence-corrected chi connectivity index (χ3v) is 3.07. The minimum atomic E-state index is 0.176. The second-order valence-corrected chi connectivity index (χ2v) is 4.26. The highest BCUT2D eigenvalue weighted by Gasteiger charge is 2.16. The first-order valence-corrected chi connectivity index (χ1v) is 6.03. The zero-order valence-electron chi connectivity index (χ0n) is 9.85. The molecule has 0 spiro atoms. The van der Waals surface area contributed by atoms with Gasteiger partial charge in [0.2, 0.25) is 5.91 Å². The largest absolute Gasteiger partial charge is 0.508 e. The van der Waals surface area contributed by atoms with Crippen LogP contribution in [-0.2, 0) is 11.2 Å². The minimum absolute atomic E-state index is 0.176. The van der Waals surface area contributed by atoms with Gasteiger partial charge >= 0.3 is 0 Å². The SMILES string of the molecule is O=C(CCc1ccccc1O)N1CCNCC1. The molecular weight excluding hydrogens is 216 g/mol. The van der Waals surface area contributed by atoms with E-state index in [0.717, 1.165) is 31.7 Å². The maximum Gasteiger partial charge on any atom is 0.222 e. The fourth-order valence-electron chi connectivity index (χ4n) is 2.04. The molecule has 1 aliphatic rings. The molecule has 17 heavy (non-hydrogen) atoms. The van der Waals surface area contributed by atoms with E-state index >= 15 is 0 Å². The molecule has 0 aromatic heterocycles. The van der Waals surface area contributed by atoms with Gasteiger partial charge in [-0.3, -0.25) is 4.79 Å². The van der Waals surface area contributed by atoms with Crippen LogP contribution in [0.15, 0.2) is 24.3 Å². The van der Waals surface area contributed by atoms with E-state index < -0.39 is 0 Å². The Morgan fingerprint density at radius 3 is 2.71 bits per heavy atom. The summed E-state index contributed by atoms with van der Waals surface area (Å²) in [7, 11) is 0. The number of nitrogens with one attached hydrogen (secondary N) is 1. The second kappa shape index (κ2) is 5.68. The van der Waals surface area contributed by atoms with Gasteiger partial charge < -0.3 is 15.3 Å². The second-order valence-electron chi connectivity index (χ2n) is 4.26. The first-order chi connectivity index (χ1) is 8.27. The van der Waals surface area contributed by atoms with Crippen LogP contribution in [0.2, 0.25) is 0 Å². The first-order valence-electron chi connectivity index (χ1n) is 6.03. The number of nitrogens with zero attached hydrogens (tertiary/aromatic N) is 1. The van der Waals surface area contributed by atoms with Crippen molar-refractivity contribution in [2.45, 2.75) is 12.8 Å². The number of phenols is 1. The van der Waals surface area contributed by atoms with Crippen LogP contribution in [0.3, 0.4) is 0 Å². The molecule has 0 aliphatic carbocycles. The summed E-state index contributed by atoms with van der Waals surface area (Å²) in [6.45, 7) is 3.34. The predicted octanol–water partition coefficient (Wildman–Crippen LogP) is 0.757. The van der Waals surface area contributed by atoms with Crippen LogP contribution in [0.25, 0.3) is 0 Å². The van der Waals surface area contributed by atoms with Crippen LogP contribution in [0.5, 0.6) is 5.75 Å². The quantitative estimate of drug-likeness (QED) is 0.811. The molecule has 0 unspecified atom stereocenters. The number of carbonyl (C=O) groups is 1. The summed E-state index contributed by atoms with van der Waals surface area (Å²) in [4.78, 5) is 13.8. The molecule has 0 bridgehead atoms. The van der Waals surface area contributed by atoms with Crippen molar-refractivity contribution >= 4 is 5.91 Å². The Kier molecular flexibility index (Phi) is 3.98. The lowest BCUT2D eigenvalue weighted by molar-refractivity contribution is -0.131. The molecule has 92 valence electrons. The molecule has 1 aliphatic heterocycles. The highest BCUT2D eigenvalue weighted by atomic mass is 16.3. The lowest BCUT2D eigenvalue weighted by Gasteiger charge is -2.27. The lowest BCUT2D eigenvalue weighted by Crippen LogP contribution is -2.46. The number of rotatable bonds is 3. The Labute approximate surface area is 101 Å². The van der Waals surface area contributed by atoms with Crippen molar-refractivity contribution in [2.75, 3.05) is 26.2 Å². The summed E-state index contributed by atoms with van der Waals surface area (Å²) in [5, 5.41) is 12.8. The molecule has 1 aromatic rings. The van der Waals surface area contributed by atoms with Gasteiger partial charge in [0, 0.05) is 32.6 Å². The minimum Gasteiger partial charge on any atom is -0.508 e. The van der Waals surface area contributed by atoms with Crippen LogP contribution in [0.1, 0.15) is 12.0 Å². The molecule has 1 saturated heterocycles. The molecule has 4 nitrogen and oxygen atoms in total. The van der Waals surface area contributed by atoms with E-state index in [-0.39, 0.29) is 11.7 Å². The van der Waals surface area contributed by atoms with E-state index in [4.69, 9.17) is 0 Å². The number of amides is 1. The van der Waals surface area contributed by atoms with E-state index in [2.05, 4.69) is 5.32 Å². The summed E-state index contributed by atoms with van der Waals surface area (Å²) < 4.78 is 0. The van der Waals surface area contributed by atoms with Crippen LogP contribution in [0, 0.1) is 0 Å². The number of hydrogen-bond acceptors (Lipinski definition) is 3. The number of aromatic hydroxyl groups is 1. The van der Waals surface area contributed by atoms with E-state index in [1.165, 1.54) is 0 Å².